The molecule has 3 saturated carbocycles. The molecule has 4 aliphatic rings. The van der Waals surface area contributed by atoms with Crippen molar-refractivity contribution in [3.8, 4) is 0 Å². The zero-order chi connectivity index (χ0) is 23.7. The summed E-state index contributed by atoms with van der Waals surface area (Å²) >= 11 is 0. The van der Waals surface area contributed by atoms with Gasteiger partial charge in [0.1, 0.15) is 0 Å². The third-order valence-electron chi connectivity index (χ3n) is 12.0. The molecule has 182 valence electrons. The lowest BCUT2D eigenvalue weighted by molar-refractivity contribution is -0.118. The number of allylic oxidation sites excluding steroid dienone is 2. The maximum atomic E-state index is 10.8. The Bertz CT molecular complexity index is 780. The topological polar surface area (TPSA) is 40.5 Å². The molecule has 0 heterocycles. The van der Waals surface area contributed by atoms with E-state index in [-0.39, 0.29) is 23.0 Å². The molecule has 0 aromatic rings. The number of aliphatic hydroxyl groups is 2. The molecule has 4 rings (SSSR count). The molecule has 3 fully saturated rings. The quantitative estimate of drug-likeness (QED) is 0.438. The van der Waals surface area contributed by atoms with Gasteiger partial charge in [0.25, 0.3) is 0 Å². The molecule has 0 radical (unpaired) electrons. The van der Waals surface area contributed by atoms with Gasteiger partial charge in [0.05, 0.1) is 12.2 Å². The van der Waals surface area contributed by atoms with Crippen molar-refractivity contribution < 1.29 is 10.2 Å². The van der Waals surface area contributed by atoms with Gasteiger partial charge >= 0.3 is 0 Å². The predicted molar refractivity (Wildman–Crippen MR) is 134 cm³/mol. The van der Waals surface area contributed by atoms with E-state index >= 15 is 0 Å². The minimum Gasteiger partial charge on any atom is -0.393 e. The first-order chi connectivity index (χ1) is 14.8. The van der Waals surface area contributed by atoms with E-state index in [1.807, 2.05) is 6.92 Å². The molecular weight excluding hydrogens is 392 g/mol. The van der Waals surface area contributed by atoms with Crippen molar-refractivity contribution >= 4 is 0 Å². The summed E-state index contributed by atoms with van der Waals surface area (Å²) < 4.78 is 0. The molecule has 2 N–H and O–H groups in total. The molecule has 0 saturated heterocycles. The zero-order valence-electron chi connectivity index (χ0n) is 22.0. The van der Waals surface area contributed by atoms with E-state index in [1.165, 1.54) is 32.1 Å². The van der Waals surface area contributed by atoms with E-state index < -0.39 is 0 Å². The molecule has 4 aliphatic carbocycles. The molecule has 9 unspecified atom stereocenters. The molecule has 0 bridgehead atoms. The summed E-state index contributed by atoms with van der Waals surface area (Å²) in [7, 11) is 0. The maximum absolute atomic E-state index is 10.8. The highest BCUT2D eigenvalue weighted by Crippen LogP contribution is 2.73. The largest absolute Gasteiger partial charge is 0.393 e. The molecule has 32 heavy (non-hydrogen) atoms. The van der Waals surface area contributed by atoms with E-state index in [2.05, 4.69) is 54.2 Å². The summed E-state index contributed by atoms with van der Waals surface area (Å²) in [6.07, 6.45) is 12.7. The highest BCUT2D eigenvalue weighted by atomic mass is 16.3. The maximum Gasteiger partial charge on any atom is 0.0744 e. The lowest BCUT2D eigenvalue weighted by Crippen LogP contribution is -2.57. The summed E-state index contributed by atoms with van der Waals surface area (Å²) in [5, 5.41) is 21.1. The van der Waals surface area contributed by atoms with Crippen molar-refractivity contribution in [1.82, 2.24) is 0 Å². The first kappa shape index (κ1) is 24.5. The first-order valence-corrected chi connectivity index (χ1v) is 13.5. The van der Waals surface area contributed by atoms with E-state index in [0.717, 1.165) is 37.2 Å². The van der Waals surface area contributed by atoms with Gasteiger partial charge in [0.15, 0.2) is 0 Å². The van der Waals surface area contributed by atoms with Gasteiger partial charge in [0.2, 0.25) is 0 Å². The van der Waals surface area contributed by atoms with E-state index in [4.69, 9.17) is 0 Å². The molecule has 0 aliphatic heterocycles. The van der Waals surface area contributed by atoms with E-state index in [9.17, 15) is 10.2 Å². The monoisotopic (exact) mass is 442 g/mol. The Morgan fingerprint density at radius 2 is 1.72 bits per heavy atom. The molecular formula is C30H50O2. The fourth-order valence-electron chi connectivity index (χ4n) is 9.54. The molecule has 0 amide bonds. The third kappa shape index (κ3) is 3.33. The predicted octanol–water partition coefficient (Wildman–Crippen LogP) is 7.31. The Morgan fingerprint density at radius 3 is 2.38 bits per heavy atom. The van der Waals surface area contributed by atoms with Crippen LogP contribution in [0.1, 0.15) is 106 Å². The Balaban J connectivity index is 1.61. The third-order valence-corrected chi connectivity index (χ3v) is 12.0. The zero-order valence-corrected chi connectivity index (χ0v) is 22.0. The first-order valence-electron chi connectivity index (χ1n) is 13.5. The fourth-order valence-corrected chi connectivity index (χ4v) is 9.54. The minimum atomic E-state index is -0.351. The normalized spacial score (nSPS) is 47.0. The van der Waals surface area contributed by atoms with Crippen molar-refractivity contribution in [3.05, 3.63) is 23.8 Å². The Labute approximate surface area is 198 Å². The van der Waals surface area contributed by atoms with Crippen molar-refractivity contribution in [2.75, 3.05) is 0 Å². The van der Waals surface area contributed by atoms with Gasteiger partial charge < -0.3 is 10.2 Å². The Morgan fingerprint density at radius 1 is 1.03 bits per heavy atom. The number of aliphatic hydroxyl groups excluding tert-OH is 2. The van der Waals surface area contributed by atoms with Gasteiger partial charge in [-0.3, -0.25) is 0 Å². The average molecular weight is 443 g/mol. The second-order valence-electron chi connectivity index (χ2n) is 13.7. The van der Waals surface area contributed by atoms with Gasteiger partial charge in [-0.15, -0.1) is 0 Å². The summed E-state index contributed by atoms with van der Waals surface area (Å²) in [6.45, 7) is 20.8. The van der Waals surface area contributed by atoms with Gasteiger partial charge in [-0.2, -0.15) is 0 Å². The van der Waals surface area contributed by atoms with Crippen LogP contribution in [0, 0.1) is 45.3 Å². The van der Waals surface area contributed by atoms with Crippen molar-refractivity contribution in [2.45, 2.75) is 118 Å². The average Bonchev–Trinajstić information content (AvgIpc) is 3.00. The van der Waals surface area contributed by atoms with Crippen LogP contribution in [0.3, 0.4) is 0 Å². The second-order valence-corrected chi connectivity index (χ2v) is 13.7. The smallest absolute Gasteiger partial charge is 0.0744 e. The van der Waals surface area contributed by atoms with Crippen LogP contribution in [-0.4, -0.2) is 22.4 Å². The van der Waals surface area contributed by atoms with Gasteiger partial charge in [0, 0.05) is 0 Å². The van der Waals surface area contributed by atoms with Crippen LogP contribution in [0.4, 0.5) is 0 Å². The Hall–Kier alpha value is -0.600. The van der Waals surface area contributed by atoms with E-state index in [0.29, 0.717) is 28.6 Å². The Kier molecular flexibility index (Phi) is 6.11. The van der Waals surface area contributed by atoms with Gasteiger partial charge in [-0.25, -0.2) is 0 Å². The van der Waals surface area contributed by atoms with Crippen LogP contribution in [0.2, 0.25) is 0 Å². The number of hydrogen-bond donors (Lipinski definition) is 2. The summed E-state index contributed by atoms with van der Waals surface area (Å²) in [6, 6.07) is 0. The fraction of sp³-hybridized carbons (Fsp3) is 0.867. The SMILES string of the molecule is C=C(C)C(O)CCC(C)C1CCC2(C)C3CCC4C(C)(CCC(O)C4(C)C)C3=CCC12C. The van der Waals surface area contributed by atoms with Crippen molar-refractivity contribution in [2.24, 2.45) is 45.3 Å². The number of hydrogen-bond acceptors (Lipinski definition) is 2. The van der Waals surface area contributed by atoms with Crippen LogP contribution < -0.4 is 0 Å². The molecule has 0 aromatic carbocycles. The van der Waals surface area contributed by atoms with E-state index in [1.54, 1.807) is 5.57 Å². The molecule has 0 spiro atoms. The van der Waals surface area contributed by atoms with Crippen LogP contribution in [0.5, 0.6) is 0 Å². The molecule has 0 aromatic heterocycles. The second kappa shape index (κ2) is 7.98. The highest BCUT2D eigenvalue weighted by Gasteiger charge is 2.65. The molecule has 2 heteroatoms. The molecule has 2 nitrogen and oxygen atoms in total. The standard InChI is InChI=1S/C30H50O2/c1-19(2)24(31)11-9-20(3)21-13-17-30(8)23-10-12-25-27(4,5)26(32)15-16-28(25,6)22(23)14-18-29(21,30)7/h14,20-21,23-26,31-32H,1,9-13,15-18H2,2-8H3. The highest BCUT2D eigenvalue weighted by molar-refractivity contribution is 5.32. The van der Waals surface area contributed by atoms with Gasteiger partial charge in [-0.1, -0.05) is 65.3 Å². The minimum absolute atomic E-state index is 0.0112. The van der Waals surface area contributed by atoms with Crippen molar-refractivity contribution in [3.63, 3.8) is 0 Å². The number of rotatable bonds is 5. The van der Waals surface area contributed by atoms with Crippen LogP contribution in [0.25, 0.3) is 0 Å². The lowest BCUT2D eigenvalue weighted by Gasteiger charge is -2.64. The van der Waals surface area contributed by atoms with Crippen LogP contribution in [-0.2, 0) is 0 Å². The van der Waals surface area contributed by atoms with Crippen LogP contribution in [0.15, 0.2) is 23.8 Å². The summed E-state index contributed by atoms with van der Waals surface area (Å²) in [5.74, 6) is 2.67. The molecule has 9 atom stereocenters. The lowest BCUT2D eigenvalue weighted by atomic mass is 9.41. The van der Waals surface area contributed by atoms with Gasteiger partial charge in [-0.05, 0) is 110 Å². The summed E-state index contributed by atoms with van der Waals surface area (Å²) in [5.41, 5.74) is 3.65. The number of fused-ring (bicyclic) bond motifs is 5. The summed E-state index contributed by atoms with van der Waals surface area (Å²) in [4.78, 5) is 0. The van der Waals surface area contributed by atoms with Crippen LogP contribution >= 0.6 is 0 Å². The van der Waals surface area contributed by atoms with Crippen molar-refractivity contribution in [1.29, 1.82) is 0 Å².